The van der Waals surface area contributed by atoms with Crippen LogP contribution in [0.3, 0.4) is 0 Å². The Kier molecular flexibility index (Phi) is 5.28. The summed E-state index contributed by atoms with van der Waals surface area (Å²) in [5.74, 6) is -0.144. The Morgan fingerprint density at radius 3 is 2.42 bits per heavy atom. The van der Waals surface area contributed by atoms with E-state index in [-0.39, 0.29) is 18.6 Å². The summed E-state index contributed by atoms with van der Waals surface area (Å²) < 4.78 is 5.41. The van der Waals surface area contributed by atoms with Gasteiger partial charge in [0.05, 0.1) is 6.54 Å². The van der Waals surface area contributed by atoms with Crippen LogP contribution in [0.2, 0.25) is 0 Å². The molecule has 3 rings (SSSR count). The number of rotatable bonds is 6. The van der Waals surface area contributed by atoms with Crippen molar-refractivity contribution in [1.82, 2.24) is 5.32 Å². The van der Waals surface area contributed by atoms with Crippen LogP contribution < -0.4 is 5.32 Å². The average Bonchev–Trinajstić information content (AvgIpc) is 3.16. The van der Waals surface area contributed by atoms with Crippen molar-refractivity contribution in [1.29, 1.82) is 0 Å². The summed E-state index contributed by atoms with van der Waals surface area (Å²) >= 11 is 0. The molecule has 0 bridgehead atoms. The van der Waals surface area contributed by atoms with Crippen molar-refractivity contribution in [3.05, 3.63) is 71.8 Å². The van der Waals surface area contributed by atoms with Crippen molar-refractivity contribution in [2.24, 2.45) is 0 Å². The van der Waals surface area contributed by atoms with Crippen molar-refractivity contribution in [2.45, 2.75) is 31.0 Å². The number of hydrogen-bond donors (Lipinski definition) is 2. The number of amides is 1. The maximum absolute atomic E-state index is 12.2. The average molecular weight is 325 g/mol. The number of nitrogens with one attached hydrogen (secondary N) is 1. The molecule has 1 saturated heterocycles. The van der Waals surface area contributed by atoms with Gasteiger partial charge in [-0.2, -0.15) is 0 Å². The van der Waals surface area contributed by atoms with Crippen LogP contribution in [0.15, 0.2) is 60.7 Å². The summed E-state index contributed by atoms with van der Waals surface area (Å²) in [6, 6.07) is 19.3. The van der Waals surface area contributed by atoms with Crippen LogP contribution in [0.25, 0.3) is 0 Å². The van der Waals surface area contributed by atoms with Gasteiger partial charge in [0, 0.05) is 13.0 Å². The Bertz CT molecular complexity index is 653. The minimum Gasteiger partial charge on any atom is -0.383 e. The summed E-state index contributed by atoms with van der Waals surface area (Å²) in [4.78, 5) is 12.2. The molecule has 1 fully saturated rings. The van der Waals surface area contributed by atoms with E-state index < -0.39 is 5.60 Å². The van der Waals surface area contributed by atoms with Crippen LogP contribution in [0.5, 0.6) is 0 Å². The number of benzene rings is 2. The van der Waals surface area contributed by atoms with Gasteiger partial charge in [-0.3, -0.25) is 4.79 Å². The first-order chi connectivity index (χ1) is 11.7. The molecule has 4 heteroatoms. The van der Waals surface area contributed by atoms with Crippen molar-refractivity contribution in [3.8, 4) is 0 Å². The third-order valence-corrected chi connectivity index (χ3v) is 4.43. The summed E-state index contributed by atoms with van der Waals surface area (Å²) in [6.45, 7) is 0.787. The molecule has 1 aliphatic heterocycles. The molecule has 2 aromatic rings. The van der Waals surface area contributed by atoms with E-state index in [1.54, 1.807) is 0 Å². The molecule has 1 aliphatic rings. The lowest BCUT2D eigenvalue weighted by Crippen LogP contribution is -2.45. The molecule has 4 nitrogen and oxygen atoms in total. The predicted octanol–water partition coefficient (Wildman–Crippen LogP) is 2.41. The topological polar surface area (TPSA) is 58.6 Å². The highest BCUT2D eigenvalue weighted by atomic mass is 16.5. The zero-order chi connectivity index (χ0) is 16.8. The molecule has 0 saturated carbocycles. The molecule has 2 atom stereocenters. The smallest absolute Gasteiger partial charge is 0.249 e. The van der Waals surface area contributed by atoms with E-state index in [4.69, 9.17) is 4.74 Å². The Morgan fingerprint density at radius 2 is 1.79 bits per heavy atom. The van der Waals surface area contributed by atoms with Crippen LogP contribution in [0.1, 0.15) is 24.0 Å². The van der Waals surface area contributed by atoms with Crippen LogP contribution in [0.4, 0.5) is 0 Å². The molecule has 2 unspecified atom stereocenters. The van der Waals surface area contributed by atoms with Gasteiger partial charge >= 0.3 is 0 Å². The third kappa shape index (κ3) is 4.02. The van der Waals surface area contributed by atoms with Crippen LogP contribution in [0, 0.1) is 0 Å². The van der Waals surface area contributed by atoms with Gasteiger partial charge in [-0.15, -0.1) is 0 Å². The van der Waals surface area contributed by atoms with E-state index in [0.29, 0.717) is 13.0 Å². The standard InChI is InChI=1S/C20H23NO3/c22-19(18-12-7-13-24-18)21-15-20(23,17-10-5-2-6-11-17)14-16-8-3-1-4-9-16/h1-6,8-11,18,23H,7,12-15H2,(H,21,22). The Labute approximate surface area is 142 Å². The van der Waals surface area contributed by atoms with Gasteiger partial charge in [0.1, 0.15) is 11.7 Å². The first-order valence-electron chi connectivity index (χ1n) is 8.38. The van der Waals surface area contributed by atoms with Crippen molar-refractivity contribution < 1.29 is 14.6 Å². The lowest BCUT2D eigenvalue weighted by molar-refractivity contribution is -0.131. The first kappa shape index (κ1) is 16.7. The van der Waals surface area contributed by atoms with E-state index in [2.05, 4.69) is 5.32 Å². The molecule has 1 amide bonds. The van der Waals surface area contributed by atoms with E-state index in [0.717, 1.165) is 24.0 Å². The maximum Gasteiger partial charge on any atom is 0.249 e. The van der Waals surface area contributed by atoms with Gasteiger partial charge in [0.2, 0.25) is 5.91 Å². The molecular weight excluding hydrogens is 302 g/mol. The molecule has 2 aromatic carbocycles. The highest BCUT2D eigenvalue weighted by Gasteiger charge is 2.32. The van der Waals surface area contributed by atoms with Gasteiger partial charge in [0.15, 0.2) is 0 Å². The monoisotopic (exact) mass is 325 g/mol. The molecule has 0 aliphatic carbocycles. The highest BCUT2D eigenvalue weighted by Crippen LogP contribution is 2.25. The molecule has 0 spiro atoms. The van der Waals surface area contributed by atoms with E-state index >= 15 is 0 Å². The lowest BCUT2D eigenvalue weighted by Gasteiger charge is -2.30. The molecule has 0 aromatic heterocycles. The zero-order valence-electron chi connectivity index (χ0n) is 13.7. The summed E-state index contributed by atoms with van der Waals surface area (Å²) in [6.07, 6.45) is 1.70. The lowest BCUT2D eigenvalue weighted by atomic mass is 9.87. The second-order valence-corrected chi connectivity index (χ2v) is 6.28. The molecular formula is C20H23NO3. The fourth-order valence-electron chi connectivity index (χ4n) is 3.08. The SMILES string of the molecule is O=C(NCC(O)(Cc1ccccc1)c1ccccc1)C1CCCO1. The van der Waals surface area contributed by atoms with Crippen molar-refractivity contribution >= 4 is 5.91 Å². The maximum atomic E-state index is 12.2. The number of hydrogen-bond acceptors (Lipinski definition) is 3. The minimum absolute atomic E-state index is 0.144. The van der Waals surface area contributed by atoms with Crippen LogP contribution in [-0.4, -0.2) is 30.3 Å². The largest absolute Gasteiger partial charge is 0.383 e. The fraction of sp³-hybridized carbons (Fsp3) is 0.350. The normalized spacial score (nSPS) is 19.6. The van der Waals surface area contributed by atoms with Crippen LogP contribution >= 0.6 is 0 Å². The highest BCUT2D eigenvalue weighted by molar-refractivity contribution is 5.81. The quantitative estimate of drug-likeness (QED) is 0.857. The van der Waals surface area contributed by atoms with E-state index in [1.807, 2.05) is 60.7 Å². The minimum atomic E-state index is -1.16. The Balaban J connectivity index is 1.75. The van der Waals surface area contributed by atoms with Gasteiger partial charge in [-0.1, -0.05) is 60.7 Å². The van der Waals surface area contributed by atoms with Gasteiger partial charge < -0.3 is 15.2 Å². The second kappa shape index (κ2) is 7.60. The molecule has 1 heterocycles. The van der Waals surface area contributed by atoms with Gasteiger partial charge in [-0.25, -0.2) is 0 Å². The number of aliphatic hydroxyl groups is 1. The fourth-order valence-corrected chi connectivity index (χ4v) is 3.08. The van der Waals surface area contributed by atoms with Gasteiger partial charge in [0.25, 0.3) is 0 Å². The summed E-state index contributed by atoms with van der Waals surface area (Å²) in [5.41, 5.74) is 0.661. The summed E-state index contributed by atoms with van der Waals surface area (Å²) in [7, 11) is 0. The van der Waals surface area contributed by atoms with Crippen molar-refractivity contribution in [2.75, 3.05) is 13.2 Å². The predicted molar refractivity (Wildman–Crippen MR) is 92.5 cm³/mol. The Morgan fingerprint density at radius 1 is 1.12 bits per heavy atom. The number of carbonyl (C=O) groups is 1. The second-order valence-electron chi connectivity index (χ2n) is 6.28. The van der Waals surface area contributed by atoms with Crippen LogP contribution in [-0.2, 0) is 21.6 Å². The van der Waals surface area contributed by atoms with Crippen molar-refractivity contribution in [3.63, 3.8) is 0 Å². The Hall–Kier alpha value is -2.17. The van der Waals surface area contributed by atoms with Gasteiger partial charge in [-0.05, 0) is 24.0 Å². The number of ether oxygens (including phenoxy) is 1. The van der Waals surface area contributed by atoms with E-state index in [1.165, 1.54) is 0 Å². The summed E-state index contributed by atoms with van der Waals surface area (Å²) in [5, 5.41) is 14.1. The molecule has 24 heavy (non-hydrogen) atoms. The first-order valence-corrected chi connectivity index (χ1v) is 8.38. The number of carbonyl (C=O) groups excluding carboxylic acids is 1. The van der Waals surface area contributed by atoms with E-state index in [9.17, 15) is 9.90 Å². The molecule has 2 N–H and O–H groups in total. The molecule has 126 valence electrons. The third-order valence-electron chi connectivity index (χ3n) is 4.43. The molecule has 0 radical (unpaired) electrons. The zero-order valence-corrected chi connectivity index (χ0v) is 13.7.